The van der Waals surface area contributed by atoms with Gasteiger partial charge >= 0.3 is 5.97 Å². The smallest absolute Gasteiger partial charge is 0.344 e. The van der Waals surface area contributed by atoms with E-state index in [1.165, 1.54) is 31.2 Å². The third kappa shape index (κ3) is 5.80. The molecule has 0 spiro atoms. The molecule has 2 aromatic rings. The summed E-state index contributed by atoms with van der Waals surface area (Å²) in [7, 11) is -3.89. The molecule has 0 unspecified atom stereocenters. The number of rotatable bonds is 7. The minimum Gasteiger partial charge on any atom is -0.482 e. The molecule has 0 aliphatic carbocycles. The average Bonchev–Trinajstić information content (AvgIpc) is 2.62. The Hall–Kier alpha value is -2.91. The number of nitrogens with two attached hydrogens (primary N) is 1. The van der Waals surface area contributed by atoms with Gasteiger partial charge in [-0.2, -0.15) is 0 Å². The van der Waals surface area contributed by atoms with Crippen molar-refractivity contribution in [2.24, 2.45) is 5.14 Å². The maximum atomic E-state index is 12.2. The van der Waals surface area contributed by atoms with Crippen molar-refractivity contribution in [3.8, 4) is 5.75 Å². The van der Waals surface area contributed by atoms with E-state index < -0.39 is 28.0 Å². The van der Waals surface area contributed by atoms with Crippen LogP contribution in [0.3, 0.4) is 0 Å². The van der Waals surface area contributed by atoms with E-state index in [-0.39, 0.29) is 17.2 Å². The fraction of sp³-hybridized carbons (Fsp3) is 0.263. The zero-order valence-electron chi connectivity index (χ0n) is 15.8. The molecule has 0 aliphatic rings. The molecule has 0 heterocycles. The highest BCUT2D eigenvalue weighted by Gasteiger charge is 2.19. The molecule has 1 amide bonds. The van der Waals surface area contributed by atoms with Crippen molar-refractivity contribution in [3.63, 3.8) is 0 Å². The van der Waals surface area contributed by atoms with Crippen LogP contribution in [0.2, 0.25) is 0 Å². The van der Waals surface area contributed by atoms with Crippen LogP contribution >= 0.6 is 0 Å². The number of hydrogen-bond donors (Lipinski definition) is 2. The lowest BCUT2D eigenvalue weighted by atomic mass is 10.1. The number of esters is 1. The van der Waals surface area contributed by atoms with Gasteiger partial charge in [-0.15, -0.1) is 0 Å². The highest BCUT2D eigenvalue weighted by molar-refractivity contribution is 7.89. The molecule has 28 heavy (non-hydrogen) atoms. The zero-order chi connectivity index (χ0) is 20.9. The van der Waals surface area contributed by atoms with Crippen LogP contribution in [-0.2, 0) is 24.3 Å². The molecular formula is C19H22N2O6S. The first-order chi connectivity index (χ1) is 13.1. The van der Waals surface area contributed by atoms with Crippen LogP contribution in [0.1, 0.15) is 18.1 Å². The van der Waals surface area contributed by atoms with Gasteiger partial charge in [0.05, 0.1) is 4.90 Å². The van der Waals surface area contributed by atoms with Gasteiger partial charge in [0.1, 0.15) is 5.75 Å². The Bertz CT molecular complexity index is 988. The molecule has 0 bridgehead atoms. The van der Waals surface area contributed by atoms with Crippen molar-refractivity contribution in [1.82, 2.24) is 0 Å². The van der Waals surface area contributed by atoms with Gasteiger partial charge in [0.15, 0.2) is 12.7 Å². The fourth-order valence-corrected chi connectivity index (χ4v) is 2.86. The molecule has 9 heteroatoms. The summed E-state index contributed by atoms with van der Waals surface area (Å²) in [5.74, 6) is -0.762. The van der Waals surface area contributed by atoms with E-state index in [1.54, 1.807) is 6.07 Å². The summed E-state index contributed by atoms with van der Waals surface area (Å²) in [5.41, 5.74) is 2.15. The second-order valence-corrected chi connectivity index (χ2v) is 7.74. The molecule has 0 fully saturated rings. The van der Waals surface area contributed by atoms with Crippen LogP contribution in [0, 0.1) is 13.8 Å². The Morgan fingerprint density at radius 2 is 1.82 bits per heavy atom. The maximum absolute atomic E-state index is 12.2. The predicted octanol–water partition coefficient (Wildman–Crippen LogP) is 1.90. The van der Waals surface area contributed by atoms with Gasteiger partial charge in [0.25, 0.3) is 5.91 Å². The minimum atomic E-state index is -3.89. The number of anilines is 1. The summed E-state index contributed by atoms with van der Waals surface area (Å²) in [5, 5.41) is 7.53. The Kier molecular flexibility index (Phi) is 6.76. The molecule has 0 saturated heterocycles. The predicted molar refractivity (Wildman–Crippen MR) is 103 cm³/mol. The van der Waals surface area contributed by atoms with Crippen molar-refractivity contribution < 1.29 is 27.5 Å². The van der Waals surface area contributed by atoms with Gasteiger partial charge in [0, 0.05) is 5.69 Å². The molecule has 0 aromatic heterocycles. The molecule has 0 saturated carbocycles. The number of nitrogens with one attached hydrogen (secondary N) is 1. The minimum absolute atomic E-state index is 0.142. The summed E-state index contributed by atoms with van der Waals surface area (Å²) in [6.45, 7) is 4.86. The van der Waals surface area contributed by atoms with Gasteiger partial charge in [0.2, 0.25) is 10.0 Å². The topological polar surface area (TPSA) is 125 Å². The molecule has 1 atom stereocenters. The van der Waals surface area contributed by atoms with Crippen LogP contribution in [0.15, 0.2) is 47.4 Å². The lowest BCUT2D eigenvalue weighted by Gasteiger charge is -2.15. The van der Waals surface area contributed by atoms with Gasteiger partial charge < -0.3 is 14.8 Å². The quantitative estimate of drug-likeness (QED) is 0.677. The number of ether oxygens (including phenoxy) is 2. The summed E-state index contributed by atoms with van der Waals surface area (Å²) >= 11 is 0. The van der Waals surface area contributed by atoms with Crippen LogP contribution in [0.25, 0.3) is 0 Å². The van der Waals surface area contributed by atoms with Gasteiger partial charge in [-0.25, -0.2) is 18.4 Å². The van der Waals surface area contributed by atoms with Crippen molar-refractivity contribution in [3.05, 3.63) is 53.6 Å². The van der Waals surface area contributed by atoms with Crippen LogP contribution in [-0.4, -0.2) is 33.0 Å². The van der Waals surface area contributed by atoms with E-state index in [1.807, 2.05) is 26.0 Å². The van der Waals surface area contributed by atoms with E-state index in [0.717, 1.165) is 11.1 Å². The van der Waals surface area contributed by atoms with Crippen LogP contribution < -0.4 is 15.2 Å². The van der Waals surface area contributed by atoms with Crippen molar-refractivity contribution in [2.75, 3.05) is 11.9 Å². The summed E-state index contributed by atoms with van der Waals surface area (Å²) < 4.78 is 33.2. The number of benzene rings is 2. The SMILES string of the molecule is Cc1cccc(OCC(=O)O[C@@H](C)C(=O)Nc2cccc(S(N)(=O)=O)c2)c1C. The molecule has 3 N–H and O–H groups in total. The number of hydrogen-bond acceptors (Lipinski definition) is 6. The van der Waals surface area contributed by atoms with E-state index in [4.69, 9.17) is 14.6 Å². The third-order valence-electron chi connectivity index (χ3n) is 4.01. The van der Waals surface area contributed by atoms with Crippen molar-refractivity contribution >= 4 is 27.6 Å². The highest BCUT2D eigenvalue weighted by atomic mass is 32.2. The van der Waals surface area contributed by atoms with E-state index in [9.17, 15) is 18.0 Å². The Morgan fingerprint density at radius 3 is 2.50 bits per heavy atom. The molecule has 150 valence electrons. The molecular weight excluding hydrogens is 384 g/mol. The molecule has 2 rings (SSSR count). The number of amides is 1. The third-order valence-corrected chi connectivity index (χ3v) is 4.92. The van der Waals surface area contributed by atoms with Gasteiger partial charge in [-0.05, 0) is 56.2 Å². The van der Waals surface area contributed by atoms with Crippen molar-refractivity contribution in [1.29, 1.82) is 0 Å². The number of carbonyl (C=O) groups excluding carboxylic acids is 2. The summed E-state index contributed by atoms with van der Waals surface area (Å²) in [6.07, 6.45) is -1.10. The number of sulfonamides is 1. The second kappa shape index (κ2) is 8.85. The Labute approximate surface area is 163 Å². The second-order valence-electron chi connectivity index (χ2n) is 6.18. The van der Waals surface area contributed by atoms with Crippen LogP contribution in [0.4, 0.5) is 5.69 Å². The first-order valence-electron chi connectivity index (χ1n) is 8.40. The molecule has 0 aliphatic heterocycles. The molecule has 8 nitrogen and oxygen atoms in total. The monoisotopic (exact) mass is 406 g/mol. The van der Waals surface area contributed by atoms with Gasteiger partial charge in [-0.1, -0.05) is 18.2 Å². The molecule has 2 aromatic carbocycles. The van der Waals surface area contributed by atoms with Crippen molar-refractivity contribution in [2.45, 2.75) is 31.8 Å². The van der Waals surface area contributed by atoms with E-state index in [2.05, 4.69) is 5.32 Å². The number of primary sulfonamides is 1. The standard InChI is InChI=1S/C19H22N2O6S/c1-12-6-4-9-17(13(12)2)26-11-18(22)27-14(3)19(23)21-15-7-5-8-16(10-15)28(20,24)25/h4-10,14H,11H2,1-3H3,(H,21,23)(H2,20,24,25)/t14-/m0/s1. The fourth-order valence-electron chi connectivity index (χ4n) is 2.30. The van der Waals surface area contributed by atoms with Crippen LogP contribution in [0.5, 0.6) is 5.75 Å². The zero-order valence-corrected chi connectivity index (χ0v) is 16.6. The summed E-state index contributed by atoms with van der Waals surface area (Å²) in [4.78, 5) is 24.0. The van der Waals surface area contributed by atoms with E-state index in [0.29, 0.717) is 5.75 Å². The first kappa shape index (κ1) is 21.4. The lowest BCUT2D eigenvalue weighted by molar-refractivity contribution is -0.155. The average molecular weight is 406 g/mol. The largest absolute Gasteiger partial charge is 0.482 e. The highest BCUT2D eigenvalue weighted by Crippen LogP contribution is 2.20. The first-order valence-corrected chi connectivity index (χ1v) is 9.95. The van der Waals surface area contributed by atoms with E-state index >= 15 is 0 Å². The Morgan fingerprint density at radius 1 is 1.14 bits per heavy atom. The number of aryl methyl sites for hydroxylation is 1. The summed E-state index contributed by atoms with van der Waals surface area (Å²) in [6, 6.07) is 10.9. The Balaban J connectivity index is 1.91. The lowest BCUT2D eigenvalue weighted by Crippen LogP contribution is -2.31. The maximum Gasteiger partial charge on any atom is 0.344 e. The number of carbonyl (C=O) groups is 2. The molecule has 0 radical (unpaired) electrons. The van der Waals surface area contributed by atoms with Gasteiger partial charge in [-0.3, -0.25) is 4.79 Å². The normalized spacial score (nSPS) is 12.1.